The molecule has 0 aliphatic heterocycles. The van der Waals surface area contributed by atoms with Gasteiger partial charge < -0.3 is 28.7 Å². The van der Waals surface area contributed by atoms with Crippen LogP contribution >= 0.6 is 0 Å². The average molecular weight is 372 g/mol. The third-order valence-electron chi connectivity index (χ3n) is 2.90. The Morgan fingerprint density at radius 1 is 1.21 bits per heavy atom. The normalized spacial score (nSPS) is 10.0. The minimum Gasteiger partial charge on any atom is -1.00 e. The van der Waals surface area contributed by atoms with Crippen molar-refractivity contribution in [2.24, 2.45) is 0 Å². The third kappa shape index (κ3) is 4.23. The molecule has 0 atom stereocenters. The Hall–Kier alpha value is -1.04. The summed E-state index contributed by atoms with van der Waals surface area (Å²) in [5.74, 6) is 0.929. The average Bonchev–Trinajstić information content (AvgIpc) is 2.86. The zero-order chi connectivity index (χ0) is 12.8. The number of rotatable bonds is 6. The first-order valence-corrected chi connectivity index (χ1v) is 6.64. The number of nitrogens with zero attached hydrogens (tertiary/aromatic N) is 2. The molecule has 0 unspecified atom stereocenters. The lowest BCUT2D eigenvalue weighted by atomic mass is 10.3. The van der Waals surface area contributed by atoms with Crippen LogP contribution < -0.4 is 33.3 Å². The molecular formula is C15H21IN2O. The van der Waals surface area contributed by atoms with Gasteiger partial charge in [0.15, 0.2) is 11.4 Å². The smallest absolute Gasteiger partial charge is 0.249 e. The summed E-state index contributed by atoms with van der Waals surface area (Å²) < 4.78 is 9.98. The minimum absolute atomic E-state index is 0. The second-order valence-corrected chi connectivity index (χ2v) is 4.31. The monoisotopic (exact) mass is 372 g/mol. The molecule has 0 saturated carbocycles. The van der Waals surface area contributed by atoms with E-state index in [4.69, 9.17) is 4.74 Å². The number of hydrogen-bond donors (Lipinski definition) is 0. The molecule has 1 heterocycles. The van der Waals surface area contributed by atoms with Crippen LogP contribution in [0.15, 0.2) is 43.0 Å². The summed E-state index contributed by atoms with van der Waals surface area (Å²) in [4.78, 5) is 0. The van der Waals surface area contributed by atoms with Crippen molar-refractivity contribution in [1.82, 2.24) is 4.57 Å². The maximum absolute atomic E-state index is 5.65. The Balaban J connectivity index is 0.00000180. The standard InChI is InChI=1S/C15H21N2O.HI/c1-3-5-10-16-11-12-17(13-16)14-8-6-7-9-15(14)18-4-2;/h6-9,11-13H,3-5,10H2,1-2H3;1H/q+1;/p-1. The van der Waals surface area contributed by atoms with Gasteiger partial charge in [0, 0.05) is 0 Å². The Morgan fingerprint density at radius 2 is 2.00 bits per heavy atom. The van der Waals surface area contributed by atoms with Gasteiger partial charge in [0.1, 0.15) is 12.4 Å². The molecule has 0 amide bonds. The molecule has 1 aromatic carbocycles. The quantitative estimate of drug-likeness (QED) is 0.515. The summed E-state index contributed by atoms with van der Waals surface area (Å²) in [7, 11) is 0. The summed E-state index contributed by atoms with van der Waals surface area (Å²) in [5.41, 5.74) is 1.09. The van der Waals surface area contributed by atoms with E-state index >= 15 is 0 Å². The van der Waals surface area contributed by atoms with E-state index in [9.17, 15) is 0 Å². The van der Waals surface area contributed by atoms with Gasteiger partial charge in [-0.1, -0.05) is 25.5 Å². The number of para-hydroxylation sites is 2. The van der Waals surface area contributed by atoms with Crippen molar-refractivity contribution in [1.29, 1.82) is 0 Å². The number of aryl methyl sites for hydroxylation is 1. The Labute approximate surface area is 132 Å². The van der Waals surface area contributed by atoms with Crippen LogP contribution in [0.4, 0.5) is 0 Å². The molecule has 1 aromatic heterocycles. The highest BCUT2D eigenvalue weighted by atomic mass is 127. The van der Waals surface area contributed by atoms with E-state index in [0.717, 1.165) is 18.0 Å². The number of halogens is 1. The van der Waals surface area contributed by atoms with Gasteiger partial charge in [-0.05, 0) is 25.5 Å². The largest absolute Gasteiger partial charge is 1.00 e. The Kier molecular flexibility index (Phi) is 6.91. The fraction of sp³-hybridized carbons (Fsp3) is 0.400. The topological polar surface area (TPSA) is 18.0 Å². The molecule has 0 fully saturated rings. The van der Waals surface area contributed by atoms with Gasteiger partial charge in [0.2, 0.25) is 6.33 Å². The first-order chi connectivity index (χ1) is 8.85. The van der Waals surface area contributed by atoms with Crippen LogP contribution in [0.25, 0.3) is 5.69 Å². The first-order valence-electron chi connectivity index (χ1n) is 6.64. The SMILES string of the molecule is CCCC[n+]1ccn(-c2ccccc2OCC)c1.[I-]. The lowest BCUT2D eigenvalue weighted by Gasteiger charge is -2.05. The molecule has 104 valence electrons. The highest BCUT2D eigenvalue weighted by molar-refractivity contribution is 5.46. The predicted octanol–water partition coefficient (Wildman–Crippen LogP) is -0.0324. The van der Waals surface area contributed by atoms with Gasteiger partial charge in [-0.15, -0.1) is 0 Å². The first kappa shape index (κ1) is 16.0. The molecule has 0 bridgehead atoms. The summed E-state index contributed by atoms with van der Waals surface area (Å²) in [5, 5.41) is 0. The molecule has 0 aliphatic rings. The summed E-state index contributed by atoms with van der Waals surface area (Å²) in [6.07, 6.45) is 8.73. The number of aromatic nitrogens is 2. The molecule has 0 spiro atoms. The van der Waals surface area contributed by atoms with E-state index in [1.165, 1.54) is 12.8 Å². The van der Waals surface area contributed by atoms with Crippen LogP contribution in [-0.4, -0.2) is 11.2 Å². The molecule has 2 aromatic rings. The highest BCUT2D eigenvalue weighted by Gasteiger charge is 2.11. The van der Waals surface area contributed by atoms with Crippen LogP contribution in [0.3, 0.4) is 0 Å². The van der Waals surface area contributed by atoms with Crippen LogP contribution in [0, 0.1) is 0 Å². The van der Waals surface area contributed by atoms with Crippen molar-refractivity contribution in [3.05, 3.63) is 43.0 Å². The zero-order valence-corrected chi connectivity index (χ0v) is 13.7. The summed E-state index contributed by atoms with van der Waals surface area (Å²) in [6.45, 7) is 5.98. The van der Waals surface area contributed by atoms with Crippen LogP contribution in [0.2, 0.25) is 0 Å². The third-order valence-corrected chi connectivity index (χ3v) is 2.90. The molecule has 4 heteroatoms. The van der Waals surface area contributed by atoms with E-state index < -0.39 is 0 Å². The van der Waals surface area contributed by atoms with Gasteiger partial charge >= 0.3 is 0 Å². The van der Waals surface area contributed by atoms with Crippen LogP contribution in [-0.2, 0) is 6.54 Å². The van der Waals surface area contributed by atoms with Crippen molar-refractivity contribution < 1.29 is 33.3 Å². The molecule has 0 radical (unpaired) electrons. The van der Waals surface area contributed by atoms with E-state index in [1.807, 2.05) is 25.1 Å². The van der Waals surface area contributed by atoms with Gasteiger partial charge in [0.05, 0.1) is 13.2 Å². The molecule has 19 heavy (non-hydrogen) atoms. The van der Waals surface area contributed by atoms with Crippen molar-refractivity contribution in [2.45, 2.75) is 33.2 Å². The lowest BCUT2D eigenvalue weighted by Crippen LogP contribution is -3.00. The molecule has 3 nitrogen and oxygen atoms in total. The van der Waals surface area contributed by atoms with E-state index in [1.54, 1.807) is 0 Å². The highest BCUT2D eigenvalue weighted by Crippen LogP contribution is 2.21. The second-order valence-electron chi connectivity index (χ2n) is 4.31. The number of hydrogen-bond acceptors (Lipinski definition) is 1. The van der Waals surface area contributed by atoms with Crippen molar-refractivity contribution in [2.75, 3.05) is 6.61 Å². The molecular weight excluding hydrogens is 351 g/mol. The maximum atomic E-state index is 5.65. The van der Waals surface area contributed by atoms with Crippen molar-refractivity contribution >= 4 is 0 Å². The van der Waals surface area contributed by atoms with E-state index in [2.05, 4.69) is 40.8 Å². The maximum Gasteiger partial charge on any atom is 0.249 e. The van der Waals surface area contributed by atoms with Crippen LogP contribution in [0.1, 0.15) is 26.7 Å². The van der Waals surface area contributed by atoms with Gasteiger partial charge in [0.25, 0.3) is 0 Å². The summed E-state index contributed by atoms with van der Waals surface area (Å²) >= 11 is 0. The number of unbranched alkanes of at least 4 members (excludes halogenated alkanes) is 1. The number of ether oxygens (including phenoxy) is 1. The minimum atomic E-state index is 0. The fourth-order valence-corrected chi connectivity index (χ4v) is 1.96. The van der Waals surface area contributed by atoms with E-state index in [0.29, 0.717) is 6.61 Å². The lowest BCUT2D eigenvalue weighted by molar-refractivity contribution is -0.696. The molecule has 0 N–H and O–H groups in total. The molecule has 2 rings (SSSR count). The zero-order valence-electron chi connectivity index (χ0n) is 11.6. The Bertz CT molecular complexity index is 496. The predicted molar refractivity (Wildman–Crippen MR) is 72.0 cm³/mol. The van der Waals surface area contributed by atoms with Gasteiger partial charge in [-0.3, -0.25) is 0 Å². The fourth-order valence-electron chi connectivity index (χ4n) is 1.96. The van der Waals surface area contributed by atoms with Gasteiger partial charge in [-0.25, -0.2) is 4.57 Å². The second kappa shape index (κ2) is 8.19. The van der Waals surface area contributed by atoms with E-state index in [-0.39, 0.29) is 24.0 Å². The molecule has 0 aliphatic carbocycles. The van der Waals surface area contributed by atoms with Crippen LogP contribution in [0.5, 0.6) is 5.75 Å². The number of imidazole rings is 1. The van der Waals surface area contributed by atoms with Crippen molar-refractivity contribution in [3.63, 3.8) is 0 Å². The van der Waals surface area contributed by atoms with Crippen molar-refractivity contribution in [3.8, 4) is 11.4 Å². The number of benzene rings is 1. The Morgan fingerprint density at radius 3 is 2.74 bits per heavy atom. The van der Waals surface area contributed by atoms with Gasteiger partial charge in [-0.2, -0.15) is 4.57 Å². The summed E-state index contributed by atoms with van der Waals surface area (Å²) in [6, 6.07) is 8.13. The molecule has 0 saturated heterocycles.